The fourth-order valence-corrected chi connectivity index (χ4v) is 3.14. The molecular weight excluding hydrogens is 316 g/mol. The molecular formula is C17H21ClN2O3. The minimum atomic E-state index is -0.612. The second kappa shape index (κ2) is 7.15. The lowest BCUT2D eigenvalue weighted by molar-refractivity contribution is 0.0871. The van der Waals surface area contributed by atoms with Crippen LogP contribution in [0.1, 0.15) is 42.5 Å². The zero-order chi connectivity index (χ0) is 15.6. The van der Waals surface area contributed by atoms with Crippen molar-refractivity contribution in [2.75, 3.05) is 6.54 Å². The predicted molar refractivity (Wildman–Crippen MR) is 92.1 cm³/mol. The van der Waals surface area contributed by atoms with Gasteiger partial charge < -0.3 is 15.5 Å². The number of amides is 1. The van der Waals surface area contributed by atoms with Gasteiger partial charge in [-0.1, -0.05) is 37.5 Å². The quantitative estimate of drug-likeness (QED) is 0.844. The maximum Gasteiger partial charge on any atom is 0.349 e. The first-order valence-electron chi connectivity index (χ1n) is 7.69. The molecule has 0 unspecified atom stereocenters. The van der Waals surface area contributed by atoms with E-state index >= 15 is 0 Å². The maximum atomic E-state index is 12.5. The monoisotopic (exact) mass is 336 g/mol. The Hall–Kier alpha value is -1.85. The van der Waals surface area contributed by atoms with Gasteiger partial charge >= 0.3 is 5.63 Å². The van der Waals surface area contributed by atoms with Crippen LogP contribution >= 0.6 is 12.4 Å². The third kappa shape index (κ3) is 3.57. The molecule has 1 aromatic carbocycles. The van der Waals surface area contributed by atoms with Gasteiger partial charge in [0.05, 0.1) is 5.54 Å². The van der Waals surface area contributed by atoms with Crippen molar-refractivity contribution in [1.82, 2.24) is 5.32 Å². The van der Waals surface area contributed by atoms with Crippen molar-refractivity contribution >= 4 is 29.3 Å². The fourth-order valence-electron chi connectivity index (χ4n) is 3.14. The molecule has 2 aromatic rings. The first kappa shape index (κ1) is 17.5. The van der Waals surface area contributed by atoms with E-state index in [4.69, 9.17) is 10.2 Å². The van der Waals surface area contributed by atoms with E-state index in [1.807, 2.05) is 12.1 Å². The summed E-state index contributed by atoms with van der Waals surface area (Å²) in [5.74, 6) is -0.396. The highest BCUT2D eigenvalue weighted by Gasteiger charge is 2.33. The largest absolute Gasteiger partial charge is 0.422 e. The Kier molecular flexibility index (Phi) is 5.44. The Morgan fingerprint density at radius 1 is 1.22 bits per heavy atom. The Morgan fingerprint density at radius 3 is 2.61 bits per heavy atom. The summed E-state index contributed by atoms with van der Waals surface area (Å²) in [5, 5.41) is 3.71. The number of rotatable bonds is 3. The predicted octanol–water partition coefficient (Wildman–Crippen LogP) is 2.61. The molecule has 5 nitrogen and oxygen atoms in total. The molecule has 124 valence electrons. The number of hydrogen-bond acceptors (Lipinski definition) is 4. The second-order valence-electron chi connectivity index (χ2n) is 5.98. The van der Waals surface area contributed by atoms with Gasteiger partial charge in [-0.25, -0.2) is 4.79 Å². The Bertz CT molecular complexity index is 751. The number of nitrogens with two attached hydrogens (primary N) is 1. The molecule has 0 bridgehead atoms. The number of hydrogen-bond donors (Lipinski definition) is 2. The topological polar surface area (TPSA) is 85.3 Å². The van der Waals surface area contributed by atoms with Gasteiger partial charge in [-0.15, -0.1) is 12.4 Å². The van der Waals surface area contributed by atoms with Gasteiger partial charge in [-0.3, -0.25) is 4.79 Å². The van der Waals surface area contributed by atoms with E-state index < -0.39 is 17.1 Å². The highest BCUT2D eigenvalue weighted by molar-refractivity contribution is 5.97. The van der Waals surface area contributed by atoms with E-state index in [0.29, 0.717) is 12.1 Å². The molecule has 0 atom stereocenters. The summed E-state index contributed by atoms with van der Waals surface area (Å²) >= 11 is 0. The summed E-state index contributed by atoms with van der Waals surface area (Å²) in [7, 11) is 0. The Balaban J connectivity index is 0.00000192. The molecule has 1 saturated carbocycles. The highest BCUT2D eigenvalue weighted by Crippen LogP contribution is 2.27. The molecule has 1 aliphatic rings. The number of carbonyl (C=O) groups is 1. The van der Waals surface area contributed by atoms with E-state index in [1.54, 1.807) is 18.2 Å². The van der Waals surface area contributed by atoms with Gasteiger partial charge in [0.2, 0.25) is 0 Å². The first-order valence-corrected chi connectivity index (χ1v) is 7.69. The van der Waals surface area contributed by atoms with E-state index in [9.17, 15) is 9.59 Å². The average molecular weight is 337 g/mol. The van der Waals surface area contributed by atoms with E-state index in [1.165, 1.54) is 0 Å². The SMILES string of the molecule is Cl.NCC1(NC(=O)c2cc3ccccc3oc2=O)CCCCC1. The van der Waals surface area contributed by atoms with Gasteiger partial charge in [-0.05, 0) is 25.0 Å². The molecule has 0 aliphatic heterocycles. The second-order valence-corrected chi connectivity index (χ2v) is 5.98. The summed E-state index contributed by atoms with van der Waals surface area (Å²) < 4.78 is 5.22. The summed E-state index contributed by atoms with van der Waals surface area (Å²) in [4.78, 5) is 24.6. The maximum absolute atomic E-state index is 12.5. The lowest BCUT2D eigenvalue weighted by Gasteiger charge is -2.37. The van der Waals surface area contributed by atoms with Crippen molar-refractivity contribution in [3.63, 3.8) is 0 Å². The molecule has 0 saturated heterocycles. The van der Waals surface area contributed by atoms with Gasteiger partial charge in [0, 0.05) is 11.9 Å². The standard InChI is InChI=1S/C17H20N2O3.ClH/c18-11-17(8-4-1-5-9-17)19-15(20)13-10-12-6-2-3-7-14(12)22-16(13)21;/h2-3,6-7,10H,1,4-5,8-9,11,18H2,(H,19,20);1H. The van der Waals surface area contributed by atoms with E-state index in [0.717, 1.165) is 37.5 Å². The van der Waals surface area contributed by atoms with Crippen LogP contribution in [0.2, 0.25) is 0 Å². The number of benzene rings is 1. The fraction of sp³-hybridized carbons (Fsp3) is 0.412. The van der Waals surface area contributed by atoms with Crippen molar-refractivity contribution in [3.8, 4) is 0 Å². The van der Waals surface area contributed by atoms with Crippen LogP contribution in [0, 0.1) is 0 Å². The molecule has 0 spiro atoms. The minimum Gasteiger partial charge on any atom is -0.422 e. The zero-order valence-electron chi connectivity index (χ0n) is 12.8. The number of nitrogens with one attached hydrogen (secondary N) is 1. The summed E-state index contributed by atoms with van der Waals surface area (Å²) in [6.45, 7) is 0.387. The Morgan fingerprint density at radius 2 is 1.91 bits per heavy atom. The van der Waals surface area contributed by atoms with Crippen LogP contribution in [0.25, 0.3) is 11.0 Å². The van der Waals surface area contributed by atoms with Crippen LogP contribution < -0.4 is 16.7 Å². The number of fused-ring (bicyclic) bond motifs is 1. The van der Waals surface area contributed by atoms with Gasteiger partial charge in [0.15, 0.2) is 0 Å². The molecule has 1 aliphatic carbocycles. The van der Waals surface area contributed by atoms with Gasteiger partial charge in [0.25, 0.3) is 5.91 Å². The van der Waals surface area contributed by atoms with E-state index in [2.05, 4.69) is 5.32 Å². The van der Waals surface area contributed by atoms with Gasteiger partial charge in [0.1, 0.15) is 11.1 Å². The third-order valence-electron chi connectivity index (χ3n) is 4.47. The first-order chi connectivity index (χ1) is 10.6. The van der Waals surface area contributed by atoms with Crippen LogP contribution in [-0.2, 0) is 0 Å². The number of halogens is 1. The molecule has 23 heavy (non-hydrogen) atoms. The van der Waals surface area contributed by atoms with Crippen molar-refractivity contribution in [2.24, 2.45) is 5.73 Å². The molecule has 3 N–H and O–H groups in total. The lowest BCUT2D eigenvalue weighted by atomic mass is 9.81. The van der Waals surface area contributed by atoms with Crippen LogP contribution in [0.4, 0.5) is 0 Å². The van der Waals surface area contributed by atoms with E-state index in [-0.39, 0.29) is 18.0 Å². The van der Waals surface area contributed by atoms with Crippen molar-refractivity contribution in [1.29, 1.82) is 0 Å². The van der Waals surface area contributed by atoms with Crippen molar-refractivity contribution < 1.29 is 9.21 Å². The molecule has 1 fully saturated rings. The lowest BCUT2D eigenvalue weighted by Crippen LogP contribution is -2.55. The van der Waals surface area contributed by atoms with Crippen LogP contribution in [-0.4, -0.2) is 18.0 Å². The molecule has 1 aromatic heterocycles. The molecule has 1 heterocycles. The van der Waals surface area contributed by atoms with Crippen molar-refractivity contribution in [2.45, 2.75) is 37.6 Å². The molecule has 1 amide bonds. The normalized spacial score (nSPS) is 16.6. The molecule has 0 radical (unpaired) electrons. The summed E-state index contributed by atoms with van der Waals surface area (Å²) in [6.07, 6.45) is 4.96. The van der Waals surface area contributed by atoms with Gasteiger partial charge in [-0.2, -0.15) is 0 Å². The number of carbonyl (C=O) groups excluding carboxylic acids is 1. The summed E-state index contributed by atoms with van der Waals surface area (Å²) in [6, 6.07) is 8.74. The van der Waals surface area contributed by atoms with Crippen LogP contribution in [0.15, 0.2) is 39.5 Å². The zero-order valence-corrected chi connectivity index (χ0v) is 13.7. The van der Waals surface area contributed by atoms with Crippen molar-refractivity contribution in [3.05, 3.63) is 46.3 Å². The molecule has 3 rings (SSSR count). The summed E-state index contributed by atoms with van der Waals surface area (Å²) in [5.41, 5.74) is 5.39. The smallest absolute Gasteiger partial charge is 0.349 e. The average Bonchev–Trinajstić information content (AvgIpc) is 2.55. The number of para-hydroxylation sites is 1. The van der Waals surface area contributed by atoms with Crippen LogP contribution in [0.5, 0.6) is 0 Å². The Labute approximate surface area is 140 Å². The minimum absolute atomic E-state index is 0. The van der Waals surface area contributed by atoms with Crippen LogP contribution in [0.3, 0.4) is 0 Å². The molecule has 6 heteroatoms. The third-order valence-corrected chi connectivity index (χ3v) is 4.47. The highest BCUT2D eigenvalue weighted by atomic mass is 35.5.